The number of nitrogens with zero attached hydrogens (tertiary/aromatic N) is 1. The van der Waals surface area contributed by atoms with Crippen molar-refractivity contribution in [2.24, 2.45) is 0 Å². The second-order valence-corrected chi connectivity index (χ2v) is 9.75. The molecule has 38 heavy (non-hydrogen) atoms. The summed E-state index contributed by atoms with van der Waals surface area (Å²) in [6, 6.07) is 19.4. The Morgan fingerprint density at radius 3 is 2.24 bits per heavy atom. The minimum atomic E-state index is -0.783. The van der Waals surface area contributed by atoms with Gasteiger partial charge in [0, 0.05) is 11.3 Å². The molecule has 1 aliphatic rings. The van der Waals surface area contributed by atoms with E-state index in [0.717, 1.165) is 35.3 Å². The molecular formula is C32H35NO5. The number of aliphatic hydroxyl groups is 1. The highest BCUT2D eigenvalue weighted by Crippen LogP contribution is 2.43. The molecule has 1 heterocycles. The highest BCUT2D eigenvalue weighted by molar-refractivity contribution is 6.51. The van der Waals surface area contributed by atoms with Gasteiger partial charge in [0.1, 0.15) is 17.3 Å². The van der Waals surface area contributed by atoms with Crippen LogP contribution in [0.15, 0.2) is 72.3 Å². The van der Waals surface area contributed by atoms with Crippen molar-refractivity contribution in [3.8, 4) is 11.5 Å². The van der Waals surface area contributed by atoms with Crippen LogP contribution in [0.25, 0.3) is 5.76 Å². The van der Waals surface area contributed by atoms with Crippen LogP contribution in [0, 0.1) is 6.92 Å². The van der Waals surface area contributed by atoms with Crippen molar-refractivity contribution < 1.29 is 24.2 Å². The van der Waals surface area contributed by atoms with E-state index >= 15 is 0 Å². The summed E-state index contributed by atoms with van der Waals surface area (Å²) in [5.74, 6) is -0.226. The van der Waals surface area contributed by atoms with Gasteiger partial charge >= 0.3 is 0 Å². The predicted molar refractivity (Wildman–Crippen MR) is 150 cm³/mol. The van der Waals surface area contributed by atoms with Crippen LogP contribution in [-0.2, 0) is 16.0 Å². The Hall–Kier alpha value is -4.06. The molecule has 3 aromatic carbocycles. The van der Waals surface area contributed by atoms with Crippen LogP contribution in [0.3, 0.4) is 0 Å². The van der Waals surface area contributed by atoms with Gasteiger partial charge in [0.2, 0.25) is 0 Å². The van der Waals surface area contributed by atoms with Crippen molar-refractivity contribution in [1.82, 2.24) is 0 Å². The average molecular weight is 514 g/mol. The first kappa shape index (κ1) is 27.0. The second-order valence-electron chi connectivity index (χ2n) is 9.75. The van der Waals surface area contributed by atoms with Crippen LogP contribution >= 0.6 is 0 Å². The molecule has 1 aliphatic heterocycles. The Labute approximate surface area is 224 Å². The highest BCUT2D eigenvalue weighted by Gasteiger charge is 2.47. The molecule has 0 bridgehead atoms. The number of rotatable bonds is 9. The van der Waals surface area contributed by atoms with E-state index in [1.54, 1.807) is 42.5 Å². The zero-order chi connectivity index (χ0) is 27.4. The van der Waals surface area contributed by atoms with Gasteiger partial charge in [0.15, 0.2) is 0 Å². The standard InChI is InChI=1S/C32H35NO5/c1-6-18-37-27-17-12-24(19-21(27)5)30(34)28-29(23-10-8-22(7-2)9-11-23)33(32(36)31(28)35)25-13-15-26(16-14-25)38-20(3)4/h8-17,19-20,29,34H,6-7,18H2,1-5H3/b30-28-. The van der Waals surface area contributed by atoms with Crippen molar-refractivity contribution in [2.45, 2.75) is 59.6 Å². The number of carbonyl (C=O) groups is 2. The third-order valence-electron chi connectivity index (χ3n) is 6.54. The summed E-state index contributed by atoms with van der Waals surface area (Å²) in [4.78, 5) is 28.4. The Bertz CT molecular complexity index is 1340. The van der Waals surface area contributed by atoms with Gasteiger partial charge in [-0.25, -0.2) is 0 Å². The van der Waals surface area contributed by atoms with Crippen molar-refractivity contribution in [3.05, 3.63) is 94.6 Å². The molecule has 1 N–H and O–H groups in total. The number of benzene rings is 3. The lowest BCUT2D eigenvalue weighted by atomic mass is 9.94. The maximum atomic E-state index is 13.5. The lowest BCUT2D eigenvalue weighted by Gasteiger charge is -2.26. The molecule has 0 saturated carbocycles. The van der Waals surface area contributed by atoms with Gasteiger partial charge in [-0.15, -0.1) is 0 Å². The van der Waals surface area contributed by atoms with E-state index in [2.05, 4.69) is 6.92 Å². The van der Waals surface area contributed by atoms with Crippen LogP contribution in [0.4, 0.5) is 5.69 Å². The molecule has 0 radical (unpaired) electrons. The van der Waals surface area contributed by atoms with E-state index in [4.69, 9.17) is 9.47 Å². The number of Topliss-reactive ketones (excluding diaryl/α,β-unsaturated/α-hetero) is 1. The number of ether oxygens (including phenoxy) is 2. The fraction of sp³-hybridized carbons (Fsp3) is 0.312. The van der Waals surface area contributed by atoms with Gasteiger partial charge in [0.25, 0.3) is 11.7 Å². The summed E-state index contributed by atoms with van der Waals surface area (Å²) in [6.07, 6.45) is 1.75. The number of amides is 1. The molecule has 0 aromatic heterocycles. The lowest BCUT2D eigenvalue weighted by molar-refractivity contribution is -0.132. The molecule has 6 heteroatoms. The Morgan fingerprint density at radius 1 is 0.974 bits per heavy atom. The van der Waals surface area contributed by atoms with Gasteiger partial charge < -0.3 is 14.6 Å². The summed E-state index contributed by atoms with van der Waals surface area (Å²) in [5.41, 5.74) is 3.78. The van der Waals surface area contributed by atoms with E-state index < -0.39 is 17.7 Å². The minimum Gasteiger partial charge on any atom is -0.507 e. The number of aliphatic hydroxyl groups excluding tert-OH is 1. The maximum Gasteiger partial charge on any atom is 0.300 e. The van der Waals surface area contributed by atoms with Crippen LogP contribution in [-0.4, -0.2) is 29.5 Å². The van der Waals surface area contributed by atoms with E-state index in [-0.39, 0.29) is 17.4 Å². The van der Waals surface area contributed by atoms with E-state index in [1.807, 2.05) is 52.0 Å². The molecule has 0 spiro atoms. The Balaban J connectivity index is 1.83. The molecule has 3 aromatic rings. The fourth-order valence-corrected chi connectivity index (χ4v) is 4.63. The molecule has 1 saturated heterocycles. The second kappa shape index (κ2) is 11.5. The quantitative estimate of drug-likeness (QED) is 0.194. The zero-order valence-corrected chi connectivity index (χ0v) is 22.7. The minimum absolute atomic E-state index is 0.00868. The van der Waals surface area contributed by atoms with Gasteiger partial charge in [0.05, 0.1) is 24.3 Å². The SMILES string of the molecule is CCCOc1ccc(/C(O)=C2/C(=O)C(=O)N(c3ccc(OC(C)C)cc3)C2c2ccc(CC)cc2)cc1C. The van der Waals surface area contributed by atoms with Crippen molar-refractivity contribution in [2.75, 3.05) is 11.5 Å². The molecule has 6 nitrogen and oxygen atoms in total. The molecule has 1 atom stereocenters. The monoisotopic (exact) mass is 513 g/mol. The summed E-state index contributed by atoms with van der Waals surface area (Å²) in [7, 11) is 0. The third kappa shape index (κ3) is 5.44. The first-order valence-electron chi connectivity index (χ1n) is 13.2. The van der Waals surface area contributed by atoms with Gasteiger partial charge in [-0.05, 0) is 92.8 Å². The van der Waals surface area contributed by atoms with Crippen LogP contribution in [0.2, 0.25) is 0 Å². The topological polar surface area (TPSA) is 76.1 Å². The fourth-order valence-electron chi connectivity index (χ4n) is 4.63. The summed E-state index contributed by atoms with van der Waals surface area (Å²) in [6.45, 7) is 10.5. The van der Waals surface area contributed by atoms with Gasteiger partial charge in [-0.1, -0.05) is 38.1 Å². The summed E-state index contributed by atoms with van der Waals surface area (Å²) >= 11 is 0. The zero-order valence-electron chi connectivity index (χ0n) is 22.7. The van der Waals surface area contributed by atoms with E-state index in [9.17, 15) is 14.7 Å². The predicted octanol–water partition coefficient (Wildman–Crippen LogP) is 6.76. The first-order valence-corrected chi connectivity index (χ1v) is 13.2. The number of hydrogen-bond donors (Lipinski definition) is 1. The number of aryl methyl sites for hydroxylation is 2. The normalized spacial score (nSPS) is 16.8. The van der Waals surface area contributed by atoms with E-state index in [1.165, 1.54) is 4.90 Å². The van der Waals surface area contributed by atoms with Crippen molar-refractivity contribution >= 4 is 23.1 Å². The molecule has 0 aliphatic carbocycles. The van der Waals surface area contributed by atoms with Crippen LogP contribution in [0.1, 0.15) is 62.4 Å². The number of anilines is 1. The molecular weight excluding hydrogens is 478 g/mol. The summed E-state index contributed by atoms with van der Waals surface area (Å²) in [5, 5.41) is 11.5. The van der Waals surface area contributed by atoms with Crippen molar-refractivity contribution in [1.29, 1.82) is 0 Å². The maximum absolute atomic E-state index is 13.5. The highest BCUT2D eigenvalue weighted by atomic mass is 16.5. The Kier molecular flexibility index (Phi) is 8.20. The number of hydrogen-bond acceptors (Lipinski definition) is 5. The van der Waals surface area contributed by atoms with E-state index in [0.29, 0.717) is 23.6 Å². The molecule has 1 amide bonds. The molecule has 1 fully saturated rings. The lowest BCUT2D eigenvalue weighted by Crippen LogP contribution is -2.29. The van der Waals surface area contributed by atoms with Gasteiger partial charge in [-0.2, -0.15) is 0 Å². The number of carbonyl (C=O) groups excluding carboxylic acids is 2. The van der Waals surface area contributed by atoms with Crippen LogP contribution in [0.5, 0.6) is 11.5 Å². The molecule has 198 valence electrons. The van der Waals surface area contributed by atoms with Crippen LogP contribution < -0.4 is 14.4 Å². The smallest absolute Gasteiger partial charge is 0.300 e. The summed E-state index contributed by atoms with van der Waals surface area (Å²) < 4.78 is 11.5. The Morgan fingerprint density at radius 2 is 1.66 bits per heavy atom. The number of ketones is 1. The van der Waals surface area contributed by atoms with Gasteiger partial charge in [-0.3, -0.25) is 14.5 Å². The largest absolute Gasteiger partial charge is 0.507 e. The first-order chi connectivity index (χ1) is 18.2. The average Bonchev–Trinajstić information content (AvgIpc) is 3.17. The third-order valence-corrected chi connectivity index (χ3v) is 6.54. The van der Waals surface area contributed by atoms with Crippen molar-refractivity contribution in [3.63, 3.8) is 0 Å². The molecule has 1 unspecified atom stereocenters. The molecule has 4 rings (SSSR count).